The topological polar surface area (TPSA) is 93.1 Å². The molecule has 0 saturated heterocycles. The van der Waals surface area contributed by atoms with Gasteiger partial charge in [-0.05, 0) is 37.8 Å². The van der Waals surface area contributed by atoms with Crippen molar-refractivity contribution in [3.05, 3.63) is 39.5 Å². The lowest BCUT2D eigenvalue weighted by Crippen LogP contribution is -2.05. The summed E-state index contributed by atoms with van der Waals surface area (Å²) in [5.74, 6) is -0.549. The van der Waals surface area contributed by atoms with E-state index in [-0.39, 0.29) is 24.1 Å². The quantitative estimate of drug-likeness (QED) is 0.463. The first kappa shape index (κ1) is 18.7. The molecule has 1 aromatic rings. The Labute approximate surface area is 141 Å². The van der Waals surface area contributed by atoms with Crippen LogP contribution < -0.4 is 0 Å². The lowest BCUT2D eigenvalue weighted by Gasteiger charge is -2.16. The van der Waals surface area contributed by atoms with Crippen LogP contribution in [0.15, 0.2) is 11.6 Å². The van der Waals surface area contributed by atoms with Crippen LogP contribution in [0.5, 0.6) is 5.75 Å². The molecule has 1 aliphatic rings. The lowest BCUT2D eigenvalue weighted by atomic mass is 9.89. The summed E-state index contributed by atoms with van der Waals surface area (Å²) in [7, 11) is -2.42. The Morgan fingerprint density at radius 1 is 1.42 bits per heavy atom. The molecule has 7 heteroatoms. The number of aromatic hydroxyl groups is 1. The summed E-state index contributed by atoms with van der Waals surface area (Å²) in [6.07, 6.45) is 2.78. The van der Waals surface area contributed by atoms with Crippen molar-refractivity contribution in [3.63, 3.8) is 0 Å². The number of rotatable bonds is 6. The highest BCUT2D eigenvalue weighted by Crippen LogP contribution is 2.43. The number of hydrogen-bond acceptors (Lipinski definition) is 5. The van der Waals surface area contributed by atoms with Crippen LogP contribution >= 0.6 is 7.60 Å². The molecule has 1 aliphatic heterocycles. The molecular formula is C17H23O6P. The largest absolute Gasteiger partial charge is 0.507 e. The molecule has 2 N–H and O–H groups in total. The average molecular weight is 354 g/mol. The van der Waals surface area contributed by atoms with E-state index in [2.05, 4.69) is 4.52 Å². The predicted octanol–water partition coefficient (Wildman–Crippen LogP) is 3.25. The zero-order valence-corrected chi connectivity index (χ0v) is 15.3. The van der Waals surface area contributed by atoms with Gasteiger partial charge in [-0.2, -0.15) is 0 Å². The van der Waals surface area contributed by atoms with Crippen LogP contribution in [0.2, 0.25) is 0 Å². The number of phenols is 1. The Kier molecular flexibility index (Phi) is 5.53. The molecular weight excluding hydrogens is 331 g/mol. The van der Waals surface area contributed by atoms with E-state index in [4.69, 9.17) is 4.74 Å². The number of esters is 1. The molecule has 2 rings (SSSR count). The number of benzene rings is 1. The van der Waals surface area contributed by atoms with Gasteiger partial charge in [-0.15, -0.1) is 0 Å². The first-order valence-electron chi connectivity index (χ1n) is 7.78. The molecule has 0 fully saturated rings. The zero-order valence-electron chi connectivity index (χ0n) is 14.4. The maximum absolute atomic E-state index is 11.9. The van der Waals surface area contributed by atoms with Crippen LogP contribution in [0, 0.1) is 6.92 Å². The third-order valence-electron chi connectivity index (χ3n) is 4.39. The fourth-order valence-corrected chi connectivity index (χ4v) is 3.95. The number of carbonyl (C=O) groups excluding carboxylic acids is 1. The van der Waals surface area contributed by atoms with Crippen molar-refractivity contribution in [2.24, 2.45) is 0 Å². The molecule has 0 amide bonds. The van der Waals surface area contributed by atoms with Gasteiger partial charge in [0.1, 0.15) is 17.9 Å². The second-order valence-corrected chi connectivity index (χ2v) is 7.90. The molecule has 0 saturated carbocycles. The second-order valence-electron chi connectivity index (χ2n) is 5.95. The van der Waals surface area contributed by atoms with Gasteiger partial charge in [-0.1, -0.05) is 18.6 Å². The molecule has 1 atom stereocenters. The van der Waals surface area contributed by atoms with Crippen LogP contribution in [0.4, 0.5) is 0 Å². The van der Waals surface area contributed by atoms with Crippen LogP contribution in [0.3, 0.4) is 0 Å². The Balaban J connectivity index is 2.41. The minimum Gasteiger partial charge on any atom is -0.507 e. The standard InChI is InChI=1S/C17H23O6P/c1-5-12-11(3)14-8-23-17(19)15(14)16(18)13(12)7-6-10(2)9-24(20,21)22-4/h6,18H,5,7-9H2,1-4H3,(H,20,21)/b10-6+. The molecule has 0 aromatic heterocycles. The molecule has 1 heterocycles. The summed E-state index contributed by atoms with van der Waals surface area (Å²) in [5.41, 5.74) is 4.28. The number of ether oxygens (including phenoxy) is 1. The molecule has 0 aliphatic carbocycles. The van der Waals surface area contributed by atoms with Gasteiger partial charge in [0.2, 0.25) is 0 Å². The fraction of sp³-hybridized carbons (Fsp3) is 0.471. The van der Waals surface area contributed by atoms with E-state index in [0.29, 0.717) is 24.0 Å². The predicted molar refractivity (Wildman–Crippen MR) is 90.5 cm³/mol. The van der Waals surface area contributed by atoms with Crippen molar-refractivity contribution in [1.29, 1.82) is 0 Å². The van der Waals surface area contributed by atoms with Gasteiger partial charge in [-0.3, -0.25) is 4.57 Å². The van der Waals surface area contributed by atoms with Crippen molar-refractivity contribution in [1.82, 2.24) is 0 Å². The van der Waals surface area contributed by atoms with E-state index in [9.17, 15) is 19.4 Å². The summed E-state index contributed by atoms with van der Waals surface area (Å²) < 4.78 is 21.3. The van der Waals surface area contributed by atoms with E-state index in [1.807, 2.05) is 13.8 Å². The highest BCUT2D eigenvalue weighted by Gasteiger charge is 2.30. The Morgan fingerprint density at radius 2 is 2.08 bits per heavy atom. The molecule has 0 spiro atoms. The zero-order chi connectivity index (χ0) is 18.1. The first-order chi connectivity index (χ1) is 11.2. The molecule has 0 bridgehead atoms. The van der Waals surface area contributed by atoms with Gasteiger partial charge in [0, 0.05) is 18.2 Å². The van der Waals surface area contributed by atoms with Crippen molar-refractivity contribution in [2.45, 2.75) is 40.2 Å². The summed E-state index contributed by atoms with van der Waals surface area (Å²) in [4.78, 5) is 21.4. The number of fused-ring (bicyclic) bond motifs is 1. The molecule has 1 aromatic carbocycles. The van der Waals surface area contributed by atoms with Gasteiger partial charge < -0.3 is 19.3 Å². The summed E-state index contributed by atoms with van der Waals surface area (Å²) >= 11 is 0. The van der Waals surface area contributed by atoms with Gasteiger partial charge in [0.05, 0.1) is 6.16 Å². The first-order valence-corrected chi connectivity index (χ1v) is 9.54. The lowest BCUT2D eigenvalue weighted by molar-refractivity contribution is 0.0533. The second kappa shape index (κ2) is 7.09. The summed E-state index contributed by atoms with van der Waals surface area (Å²) in [6, 6.07) is 0. The maximum Gasteiger partial charge on any atom is 0.342 e. The molecule has 132 valence electrons. The van der Waals surface area contributed by atoms with Crippen LogP contribution in [0.1, 0.15) is 46.5 Å². The van der Waals surface area contributed by atoms with Gasteiger partial charge >= 0.3 is 13.6 Å². The van der Waals surface area contributed by atoms with E-state index in [1.165, 1.54) is 7.11 Å². The third kappa shape index (κ3) is 3.56. The van der Waals surface area contributed by atoms with Crippen LogP contribution in [-0.2, 0) is 33.3 Å². The fourth-order valence-electron chi connectivity index (χ4n) is 3.06. The Hall–Kier alpha value is -1.62. The van der Waals surface area contributed by atoms with E-state index < -0.39 is 13.6 Å². The van der Waals surface area contributed by atoms with E-state index >= 15 is 0 Å². The molecule has 0 radical (unpaired) electrons. The number of cyclic esters (lactones) is 1. The van der Waals surface area contributed by atoms with Crippen LogP contribution in [0.25, 0.3) is 0 Å². The van der Waals surface area contributed by atoms with Gasteiger partial charge in [0.25, 0.3) is 0 Å². The van der Waals surface area contributed by atoms with Crippen molar-refractivity contribution >= 4 is 13.6 Å². The Morgan fingerprint density at radius 3 is 2.67 bits per heavy atom. The number of phenolic OH excluding ortho intramolecular Hbond substituents is 1. The van der Waals surface area contributed by atoms with Crippen LogP contribution in [-0.4, -0.2) is 29.2 Å². The Bertz CT molecular complexity index is 750. The number of hydrogen-bond donors (Lipinski definition) is 2. The molecule has 1 unspecified atom stereocenters. The summed E-state index contributed by atoms with van der Waals surface area (Å²) in [6.45, 7) is 5.83. The molecule has 6 nitrogen and oxygen atoms in total. The van der Waals surface area contributed by atoms with E-state index in [0.717, 1.165) is 16.7 Å². The summed E-state index contributed by atoms with van der Waals surface area (Å²) in [5, 5.41) is 10.5. The number of carbonyl (C=O) groups is 1. The SMILES string of the molecule is CCc1c(C)c2c(c(O)c1C/C=C(\C)CP(=O)(O)OC)C(=O)OC2. The number of allylic oxidation sites excluding steroid dienone is 2. The molecule has 24 heavy (non-hydrogen) atoms. The highest BCUT2D eigenvalue weighted by molar-refractivity contribution is 7.53. The van der Waals surface area contributed by atoms with Crippen molar-refractivity contribution in [3.8, 4) is 5.75 Å². The smallest absolute Gasteiger partial charge is 0.342 e. The third-order valence-corrected chi connectivity index (χ3v) is 5.86. The average Bonchev–Trinajstić information content (AvgIpc) is 2.91. The maximum atomic E-state index is 11.9. The minimum absolute atomic E-state index is 0.0436. The monoisotopic (exact) mass is 354 g/mol. The highest BCUT2D eigenvalue weighted by atomic mass is 31.2. The van der Waals surface area contributed by atoms with Crippen molar-refractivity contribution < 1.29 is 28.6 Å². The van der Waals surface area contributed by atoms with Crippen molar-refractivity contribution in [2.75, 3.05) is 13.3 Å². The van der Waals surface area contributed by atoms with E-state index in [1.54, 1.807) is 13.0 Å². The van der Waals surface area contributed by atoms with Gasteiger partial charge in [-0.25, -0.2) is 4.79 Å². The normalized spacial score (nSPS) is 16.7. The van der Waals surface area contributed by atoms with Gasteiger partial charge in [0.15, 0.2) is 0 Å². The minimum atomic E-state index is -3.62.